The number of carbonyl (C=O) groups is 2. The maximum atomic E-state index is 11.7. The minimum absolute atomic E-state index is 0.00163. The normalized spacial score (nSPS) is 20.2. The number of anilines is 1. The number of carbonyl (C=O) groups excluding carboxylic acids is 2. The lowest BCUT2D eigenvalue weighted by Gasteiger charge is -2.12. The molecule has 1 atom stereocenters. The van der Waals surface area contributed by atoms with Gasteiger partial charge in [0.1, 0.15) is 12.7 Å². The van der Waals surface area contributed by atoms with E-state index in [1.165, 1.54) is 36.2 Å². The lowest BCUT2D eigenvalue weighted by Crippen LogP contribution is -2.27. The summed E-state index contributed by atoms with van der Waals surface area (Å²) in [5.41, 5.74) is 0. The summed E-state index contributed by atoms with van der Waals surface area (Å²) in [4.78, 5) is 35.6. The summed E-state index contributed by atoms with van der Waals surface area (Å²) in [6.45, 7) is 1.98. The van der Waals surface area contributed by atoms with E-state index in [0.29, 0.717) is 18.9 Å². The zero-order valence-electron chi connectivity index (χ0n) is 8.66. The van der Waals surface area contributed by atoms with Gasteiger partial charge in [0.15, 0.2) is 5.12 Å². The molecule has 1 saturated heterocycles. The van der Waals surface area contributed by atoms with Crippen LogP contribution in [0.2, 0.25) is 0 Å². The van der Waals surface area contributed by atoms with Crippen LogP contribution < -0.4 is 4.90 Å². The van der Waals surface area contributed by atoms with Crippen molar-refractivity contribution in [1.82, 2.24) is 15.0 Å². The second-order valence-electron chi connectivity index (χ2n) is 3.38. The number of nitrogens with zero attached hydrogens (tertiary/aromatic N) is 4. The van der Waals surface area contributed by atoms with Crippen LogP contribution in [0.5, 0.6) is 0 Å². The summed E-state index contributed by atoms with van der Waals surface area (Å²) in [7, 11) is 0. The van der Waals surface area contributed by atoms with Gasteiger partial charge >= 0.3 is 0 Å². The Morgan fingerprint density at radius 3 is 2.81 bits per heavy atom. The van der Waals surface area contributed by atoms with Crippen molar-refractivity contribution in [2.24, 2.45) is 0 Å². The molecule has 0 saturated carbocycles. The van der Waals surface area contributed by atoms with E-state index in [-0.39, 0.29) is 16.3 Å². The molecule has 0 aromatic carbocycles. The van der Waals surface area contributed by atoms with Crippen LogP contribution in [0.25, 0.3) is 0 Å². The predicted octanol–water partition coefficient (Wildman–Crippen LogP) is 0.257. The van der Waals surface area contributed by atoms with Crippen LogP contribution >= 0.6 is 11.8 Å². The highest BCUT2D eigenvalue weighted by Gasteiger charge is 2.33. The fourth-order valence-corrected chi connectivity index (χ4v) is 2.47. The smallest absolute Gasteiger partial charge is 0.235 e. The second-order valence-corrected chi connectivity index (χ2v) is 4.86. The molecule has 2 rings (SSSR count). The lowest BCUT2D eigenvalue weighted by molar-refractivity contribution is -0.117. The van der Waals surface area contributed by atoms with Crippen LogP contribution in [0.4, 0.5) is 5.95 Å². The summed E-state index contributed by atoms with van der Waals surface area (Å²) in [5.74, 6) is 0.302. The number of thioether (sulfide) groups is 1. The van der Waals surface area contributed by atoms with Crippen molar-refractivity contribution < 1.29 is 9.59 Å². The SMILES string of the molecule is CC(=O)SC1CC(=O)N(c2ncncn2)C1. The van der Waals surface area contributed by atoms with Crippen molar-refractivity contribution in [3.8, 4) is 0 Å². The Labute approximate surface area is 96.5 Å². The molecule has 6 nitrogen and oxygen atoms in total. The first kappa shape index (κ1) is 11.0. The number of rotatable bonds is 2. The molecular formula is C9H10N4O2S. The quantitative estimate of drug-likeness (QED) is 0.735. The van der Waals surface area contributed by atoms with Gasteiger partial charge in [0.2, 0.25) is 11.9 Å². The summed E-state index contributed by atoms with van der Waals surface area (Å²) in [6, 6.07) is 0. The molecule has 7 heteroatoms. The number of aromatic nitrogens is 3. The highest BCUT2D eigenvalue weighted by Crippen LogP contribution is 2.26. The molecule has 1 fully saturated rings. The molecular weight excluding hydrogens is 228 g/mol. The van der Waals surface area contributed by atoms with Gasteiger partial charge in [-0.05, 0) is 0 Å². The Morgan fingerprint density at radius 2 is 2.19 bits per heavy atom. The molecule has 84 valence electrons. The molecule has 1 aromatic heterocycles. The van der Waals surface area contributed by atoms with Crippen LogP contribution in [0.3, 0.4) is 0 Å². The minimum Gasteiger partial charge on any atom is -0.288 e. The van der Waals surface area contributed by atoms with Crippen molar-refractivity contribution in [1.29, 1.82) is 0 Å². The van der Waals surface area contributed by atoms with E-state index in [4.69, 9.17) is 0 Å². The molecule has 0 bridgehead atoms. The topological polar surface area (TPSA) is 76.1 Å². The molecule has 0 radical (unpaired) electrons. The fraction of sp³-hybridized carbons (Fsp3) is 0.444. The summed E-state index contributed by atoms with van der Waals surface area (Å²) >= 11 is 1.19. The molecule has 0 spiro atoms. The fourth-order valence-electron chi connectivity index (χ4n) is 1.55. The maximum Gasteiger partial charge on any atom is 0.235 e. The van der Waals surface area contributed by atoms with E-state index in [2.05, 4.69) is 15.0 Å². The third kappa shape index (κ3) is 2.35. The number of hydrogen-bond donors (Lipinski definition) is 0. The highest BCUT2D eigenvalue weighted by molar-refractivity contribution is 8.14. The minimum atomic E-state index is -0.0510. The van der Waals surface area contributed by atoms with Crippen LogP contribution in [-0.2, 0) is 9.59 Å². The van der Waals surface area contributed by atoms with E-state index >= 15 is 0 Å². The molecule has 1 unspecified atom stereocenters. The van der Waals surface area contributed by atoms with E-state index in [9.17, 15) is 9.59 Å². The van der Waals surface area contributed by atoms with E-state index in [0.717, 1.165) is 0 Å². The molecule has 0 aliphatic carbocycles. The Balaban J connectivity index is 2.08. The van der Waals surface area contributed by atoms with Gasteiger partial charge in [0.05, 0.1) is 0 Å². The first-order chi connectivity index (χ1) is 7.66. The lowest BCUT2D eigenvalue weighted by atomic mass is 10.4. The predicted molar refractivity (Wildman–Crippen MR) is 58.9 cm³/mol. The summed E-state index contributed by atoms with van der Waals surface area (Å²) in [6.07, 6.45) is 3.05. The van der Waals surface area contributed by atoms with Gasteiger partial charge < -0.3 is 0 Å². The van der Waals surface area contributed by atoms with Crippen LogP contribution in [0.15, 0.2) is 12.7 Å². The number of hydrogen-bond acceptors (Lipinski definition) is 6. The highest BCUT2D eigenvalue weighted by atomic mass is 32.2. The van der Waals surface area contributed by atoms with Crippen LogP contribution in [-0.4, -0.2) is 37.8 Å². The van der Waals surface area contributed by atoms with Gasteiger partial charge in [0, 0.05) is 25.1 Å². The Bertz CT molecular complexity index is 411. The maximum absolute atomic E-state index is 11.7. The van der Waals surface area contributed by atoms with Crippen molar-refractivity contribution in [3.05, 3.63) is 12.7 Å². The largest absolute Gasteiger partial charge is 0.288 e. The van der Waals surface area contributed by atoms with Crippen molar-refractivity contribution in [3.63, 3.8) is 0 Å². The standard InChI is InChI=1S/C9H10N4O2S/c1-6(14)16-7-2-8(15)13(3-7)9-11-4-10-5-12-9/h4-5,7H,2-3H2,1H3. The Morgan fingerprint density at radius 1 is 1.50 bits per heavy atom. The molecule has 1 aromatic rings. The van der Waals surface area contributed by atoms with Crippen LogP contribution in [0.1, 0.15) is 13.3 Å². The molecule has 1 amide bonds. The average molecular weight is 238 g/mol. The van der Waals surface area contributed by atoms with Crippen molar-refractivity contribution in [2.75, 3.05) is 11.4 Å². The Hall–Kier alpha value is -1.50. The van der Waals surface area contributed by atoms with E-state index < -0.39 is 0 Å². The van der Waals surface area contributed by atoms with Crippen molar-refractivity contribution >= 4 is 28.7 Å². The first-order valence-electron chi connectivity index (χ1n) is 4.76. The van der Waals surface area contributed by atoms with Gasteiger partial charge in [0.25, 0.3) is 0 Å². The second kappa shape index (κ2) is 4.56. The number of amides is 1. The van der Waals surface area contributed by atoms with Gasteiger partial charge in [-0.25, -0.2) is 15.0 Å². The summed E-state index contributed by atoms with van der Waals surface area (Å²) < 4.78 is 0. The Kier molecular flexibility index (Phi) is 3.14. The van der Waals surface area contributed by atoms with E-state index in [1.807, 2.05) is 0 Å². The molecule has 0 N–H and O–H groups in total. The van der Waals surface area contributed by atoms with Gasteiger partial charge in [-0.2, -0.15) is 0 Å². The van der Waals surface area contributed by atoms with Crippen LogP contribution in [0, 0.1) is 0 Å². The third-order valence-electron chi connectivity index (χ3n) is 2.14. The third-order valence-corrected chi connectivity index (χ3v) is 3.12. The summed E-state index contributed by atoms with van der Waals surface area (Å²) in [5, 5.41) is 0.0251. The zero-order chi connectivity index (χ0) is 11.5. The molecule has 1 aliphatic heterocycles. The molecule has 2 heterocycles. The van der Waals surface area contributed by atoms with Gasteiger partial charge in [-0.3, -0.25) is 14.5 Å². The average Bonchev–Trinajstić information content (AvgIpc) is 2.60. The zero-order valence-corrected chi connectivity index (χ0v) is 9.48. The van der Waals surface area contributed by atoms with Gasteiger partial charge in [-0.15, -0.1) is 0 Å². The van der Waals surface area contributed by atoms with Gasteiger partial charge in [-0.1, -0.05) is 11.8 Å². The monoisotopic (exact) mass is 238 g/mol. The molecule has 16 heavy (non-hydrogen) atoms. The first-order valence-corrected chi connectivity index (χ1v) is 5.64. The van der Waals surface area contributed by atoms with Crippen molar-refractivity contribution in [2.45, 2.75) is 18.6 Å². The molecule has 1 aliphatic rings. The van der Waals surface area contributed by atoms with E-state index in [1.54, 1.807) is 0 Å².